The molecule has 6 heteroatoms. The first-order valence-corrected chi connectivity index (χ1v) is 8.33. The molecule has 122 valence electrons. The predicted octanol–water partition coefficient (Wildman–Crippen LogP) is 2.33. The zero-order valence-corrected chi connectivity index (χ0v) is 14.4. The zero-order chi connectivity index (χ0) is 16.2. The summed E-state index contributed by atoms with van der Waals surface area (Å²) in [6, 6.07) is 10.4. The summed E-state index contributed by atoms with van der Waals surface area (Å²) in [5.74, 6) is 0. The van der Waals surface area contributed by atoms with Crippen molar-refractivity contribution in [3.8, 4) is 0 Å². The largest absolute Gasteiger partial charge is 0.363 e. The van der Waals surface area contributed by atoms with Crippen LogP contribution in [0.25, 0.3) is 0 Å². The Hall–Kier alpha value is -1.92. The lowest BCUT2D eigenvalue weighted by Crippen LogP contribution is -2.32. The Kier molecular flexibility index (Phi) is 4.93. The first-order chi connectivity index (χ1) is 11.2. The summed E-state index contributed by atoms with van der Waals surface area (Å²) in [5, 5.41) is 4.26. The molecule has 2 aromatic heterocycles. The van der Waals surface area contributed by atoms with Crippen LogP contribution in [-0.4, -0.2) is 52.1 Å². The van der Waals surface area contributed by atoms with Gasteiger partial charge >= 0.3 is 0 Å². The van der Waals surface area contributed by atoms with E-state index in [0.717, 1.165) is 36.0 Å². The number of rotatable bonds is 6. The molecule has 0 amide bonds. The van der Waals surface area contributed by atoms with Gasteiger partial charge in [-0.2, -0.15) is 0 Å². The van der Waals surface area contributed by atoms with Crippen LogP contribution in [0.5, 0.6) is 0 Å². The first kappa shape index (κ1) is 16.0. The maximum absolute atomic E-state index is 5.61. The van der Waals surface area contributed by atoms with Gasteiger partial charge in [-0.25, -0.2) is 0 Å². The van der Waals surface area contributed by atoms with Crippen molar-refractivity contribution in [2.45, 2.75) is 18.5 Å². The highest BCUT2D eigenvalue weighted by Crippen LogP contribution is 2.37. The molecule has 3 rings (SSSR count). The van der Waals surface area contributed by atoms with Crippen LogP contribution < -0.4 is 5.32 Å². The topological polar surface area (TPSA) is 47.2 Å². The number of H-pyrrole nitrogens is 1. The number of nitrogens with zero attached hydrogens (tertiary/aromatic N) is 3. The van der Waals surface area contributed by atoms with Crippen LogP contribution >= 0.6 is 12.2 Å². The summed E-state index contributed by atoms with van der Waals surface area (Å²) in [5.41, 5.74) is 2.18. The molecular formula is C17H23N5S. The van der Waals surface area contributed by atoms with Crippen molar-refractivity contribution in [3.63, 3.8) is 0 Å². The van der Waals surface area contributed by atoms with E-state index in [9.17, 15) is 0 Å². The summed E-state index contributed by atoms with van der Waals surface area (Å²) in [6.45, 7) is 1.97. The molecule has 1 aliphatic rings. The molecule has 0 radical (unpaired) electrons. The van der Waals surface area contributed by atoms with Gasteiger partial charge in [-0.15, -0.1) is 0 Å². The van der Waals surface area contributed by atoms with Gasteiger partial charge in [0.25, 0.3) is 0 Å². The van der Waals surface area contributed by atoms with E-state index in [1.165, 1.54) is 0 Å². The number of hydrogen-bond acceptors (Lipinski definition) is 3. The van der Waals surface area contributed by atoms with Crippen LogP contribution in [-0.2, 0) is 0 Å². The third-order valence-corrected chi connectivity index (χ3v) is 4.50. The fourth-order valence-electron chi connectivity index (χ4n) is 3.07. The van der Waals surface area contributed by atoms with Crippen LogP contribution in [0.1, 0.15) is 29.9 Å². The number of hydrogen-bond donors (Lipinski definition) is 2. The molecule has 0 saturated carbocycles. The minimum absolute atomic E-state index is 0.0710. The van der Waals surface area contributed by atoms with Gasteiger partial charge in [-0.1, -0.05) is 6.07 Å². The molecule has 0 spiro atoms. The van der Waals surface area contributed by atoms with E-state index < -0.39 is 0 Å². The van der Waals surface area contributed by atoms with Crippen LogP contribution in [0.4, 0.5) is 0 Å². The Bertz CT molecular complexity index is 626. The van der Waals surface area contributed by atoms with Gasteiger partial charge in [-0.05, 0) is 63.5 Å². The third kappa shape index (κ3) is 3.54. The number of thiocarbonyl (C=S) groups is 1. The van der Waals surface area contributed by atoms with E-state index in [1.54, 1.807) is 0 Å². The van der Waals surface area contributed by atoms with E-state index in [4.69, 9.17) is 12.2 Å². The molecule has 0 aromatic carbocycles. The monoisotopic (exact) mass is 329 g/mol. The highest BCUT2D eigenvalue weighted by molar-refractivity contribution is 7.80. The summed E-state index contributed by atoms with van der Waals surface area (Å²) < 4.78 is 0. The highest BCUT2D eigenvalue weighted by atomic mass is 32.1. The van der Waals surface area contributed by atoms with Crippen molar-refractivity contribution < 1.29 is 0 Å². The van der Waals surface area contributed by atoms with Crippen LogP contribution in [0.3, 0.4) is 0 Å². The molecule has 1 saturated heterocycles. The lowest BCUT2D eigenvalue weighted by molar-refractivity contribution is 0.289. The van der Waals surface area contributed by atoms with E-state index in [2.05, 4.69) is 51.3 Å². The molecular weight excluding hydrogens is 306 g/mol. The Labute approximate surface area is 142 Å². The molecule has 2 N–H and O–H groups in total. The molecule has 0 aliphatic carbocycles. The minimum Gasteiger partial charge on any atom is -0.363 e. The normalized spacial score (nSPS) is 21.0. The second-order valence-electron chi connectivity index (χ2n) is 6.10. The smallest absolute Gasteiger partial charge is 0.170 e. The fraction of sp³-hybridized carbons (Fsp3) is 0.412. The average molecular weight is 329 g/mol. The van der Waals surface area contributed by atoms with E-state index in [1.807, 2.05) is 30.6 Å². The predicted molar refractivity (Wildman–Crippen MR) is 96.1 cm³/mol. The van der Waals surface area contributed by atoms with Crippen molar-refractivity contribution in [2.24, 2.45) is 0 Å². The summed E-state index contributed by atoms with van der Waals surface area (Å²) in [4.78, 5) is 12.4. The van der Waals surface area contributed by atoms with Gasteiger partial charge in [0.05, 0.1) is 17.8 Å². The van der Waals surface area contributed by atoms with Gasteiger partial charge in [0.2, 0.25) is 0 Å². The number of aromatic amines is 1. The summed E-state index contributed by atoms with van der Waals surface area (Å²) >= 11 is 5.61. The van der Waals surface area contributed by atoms with Crippen LogP contribution in [0, 0.1) is 0 Å². The third-order valence-electron chi connectivity index (χ3n) is 4.14. The van der Waals surface area contributed by atoms with Crippen LogP contribution in [0.15, 0.2) is 42.7 Å². The maximum atomic E-state index is 5.61. The van der Waals surface area contributed by atoms with E-state index in [0.29, 0.717) is 0 Å². The molecule has 23 heavy (non-hydrogen) atoms. The molecule has 0 unspecified atom stereocenters. The molecule has 5 nitrogen and oxygen atoms in total. The standard InChI is InChI=1S/C17H23N5S/c1-21(2)11-6-12-22-16(14-8-5-10-19-14)15(20-17(22)23)13-7-3-4-9-18-13/h3-5,7-10,15-16,19H,6,11-12H2,1-2H3,(H,20,23)/t15-,16-/m1/s1. The number of aromatic nitrogens is 2. The molecule has 1 aliphatic heterocycles. The van der Waals surface area contributed by atoms with Crippen molar-refractivity contribution in [1.82, 2.24) is 25.1 Å². The maximum Gasteiger partial charge on any atom is 0.170 e. The molecule has 2 atom stereocenters. The SMILES string of the molecule is CN(C)CCCN1C(=S)N[C@H](c2ccccn2)[C@H]1c1ccc[nH]1. The van der Waals surface area contributed by atoms with Crippen molar-refractivity contribution in [2.75, 3.05) is 27.2 Å². The Balaban J connectivity index is 1.85. The van der Waals surface area contributed by atoms with Crippen molar-refractivity contribution in [1.29, 1.82) is 0 Å². The highest BCUT2D eigenvalue weighted by Gasteiger charge is 2.39. The first-order valence-electron chi connectivity index (χ1n) is 7.93. The van der Waals surface area contributed by atoms with Gasteiger partial charge in [0.15, 0.2) is 5.11 Å². The lowest BCUT2D eigenvalue weighted by Gasteiger charge is -2.27. The van der Waals surface area contributed by atoms with Crippen molar-refractivity contribution in [3.05, 3.63) is 54.1 Å². The molecule has 0 bridgehead atoms. The average Bonchev–Trinajstić information content (AvgIpc) is 3.16. The van der Waals surface area contributed by atoms with Gasteiger partial charge in [-0.3, -0.25) is 4.98 Å². The molecule has 3 heterocycles. The minimum atomic E-state index is 0.0710. The molecule has 2 aromatic rings. The van der Waals surface area contributed by atoms with Gasteiger partial charge in [0, 0.05) is 24.6 Å². The number of pyridine rings is 1. The lowest BCUT2D eigenvalue weighted by atomic mass is 10.0. The fourth-order valence-corrected chi connectivity index (χ4v) is 3.40. The van der Waals surface area contributed by atoms with Crippen LogP contribution in [0.2, 0.25) is 0 Å². The van der Waals surface area contributed by atoms with Gasteiger partial charge < -0.3 is 20.1 Å². The summed E-state index contributed by atoms with van der Waals surface area (Å²) in [7, 11) is 4.19. The zero-order valence-electron chi connectivity index (χ0n) is 13.6. The second kappa shape index (κ2) is 7.10. The quantitative estimate of drug-likeness (QED) is 0.797. The van der Waals surface area contributed by atoms with Gasteiger partial charge in [0.1, 0.15) is 0 Å². The van der Waals surface area contributed by atoms with E-state index in [-0.39, 0.29) is 12.1 Å². The Morgan fingerprint density at radius 1 is 1.26 bits per heavy atom. The Morgan fingerprint density at radius 2 is 2.13 bits per heavy atom. The number of nitrogens with one attached hydrogen (secondary N) is 2. The Morgan fingerprint density at radius 3 is 2.78 bits per heavy atom. The van der Waals surface area contributed by atoms with Crippen molar-refractivity contribution >= 4 is 17.3 Å². The van der Waals surface area contributed by atoms with E-state index >= 15 is 0 Å². The summed E-state index contributed by atoms with van der Waals surface area (Å²) in [6.07, 6.45) is 4.87. The molecule has 1 fully saturated rings. The second-order valence-corrected chi connectivity index (χ2v) is 6.49.